The number of aryl methyl sites for hydroxylation is 1. The van der Waals surface area contributed by atoms with E-state index in [-0.39, 0.29) is 6.29 Å². The first-order valence-corrected chi connectivity index (χ1v) is 8.61. The molecule has 1 aliphatic heterocycles. The van der Waals surface area contributed by atoms with E-state index in [1.807, 2.05) is 11.8 Å². The zero-order valence-electron chi connectivity index (χ0n) is 12.6. The summed E-state index contributed by atoms with van der Waals surface area (Å²) in [5.74, 6) is 0. The molecule has 1 heterocycles. The van der Waals surface area contributed by atoms with Gasteiger partial charge in [-0.15, -0.1) is 11.8 Å². The van der Waals surface area contributed by atoms with E-state index in [0.717, 1.165) is 32.5 Å². The van der Waals surface area contributed by atoms with Crippen molar-refractivity contribution in [2.24, 2.45) is 0 Å². The van der Waals surface area contributed by atoms with Crippen LogP contribution in [0, 0.1) is 0 Å². The molecule has 2 rings (SSSR count). The van der Waals surface area contributed by atoms with Crippen LogP contribution in [0.3, 0.4) is 0 Å². The molecule has 1 saturated heterocycles. The van der Waals surface area contributed by atoms with E-state index >= 15 is 0 Å². The Morgan fingerprint density at radius 3 is 3.00 bits per heavy atom. The van der Waals surface area contributed by atoms with E-state index in [1.54, 1.807) is 0 Å². The number of hydrogen-bond donors (Lipinski definition) is 0. The van der Waals surface area contributed by atoms with Gasteiger partial charge in [0.25, 0.3) is 0 Å². The molecule has 0 N–H and O–H groups in total. The van der Waals surface area contributed by atoms with Crippen molar-refractivity contribution in [1.82, 2.24) is 0 Å². The topological polar surface area (TPSA) is 18.5 Å². The maximum absolute atomic E-state index is 5.77. The van der Waals surface area contributed by atoms with E-state index in [0.29, 0.717) is 5.25 Å². The Labute approximate surface area is 127 Å². The summed E-state index contributed by atoms with van der Waals surface area (Å²) in [7, 11) is 0. The molecule has 112 valence electrons. The maximum atomic E-state index is 5.77. The van der Waals surface area contributed by atoms with Crippen molar-refractivity contribution in [2.75, 3.05) is 13.2 Å². The average molecular weight is 294 g/mol. The largest absolute Gasteiger partial charge is 0.353 e. The van der Waals surface area contributed by atoms with Gasteiger partial charge in [0.05, 0.1) is 6.61 Å². The monoisotopic (exact) mass is 294 g/mol. The predicted octanol–water partition coefficient (Wildman–Crippen LogP) is 4.66. The van der Waals surface area contributed by atoms with Crippen molar-refractivity contribution in [3.63, 3.8) is 0 Å². The van der Waals surface area contributed by atoms with Crippen molar-refractivity contribution in [3.8, 4) is 0 Å². The quantitative estimate of drug-likeness (QED) is 0.538. The zero-order valence-corrected chi connectivity index (χ0v) is 13.5. The summed E-state index contributed by atoms with van der Waals surface area (Å²) in [6, 6.07) is 8.87. The first kappa shape index (κ1) is 15.9. The van der Waals surface area contributed by atoms with Crippen LogP contribution in [0.1, 0.15) is 45.1 Å². The number of thioether (sulfide) groups is 1. The Morgan fingerprint density at radius 2 is 2.25 bits per heavy atom. The minimum Gasteiger partial charge on any atom is -0.353 e. The summed E-state index contributed by atoms with van der Waals surface area (Å²) in [5, 5.41) is 0.636. The molecule has 0 radical (unpaired) electrons. The molecule has 3 heteroatoms. The lowest BCUT2D eigenvalue weighted by Crippen LogP contribution is -2.22. The molecule has 1 aromatic rings. The minimum absolute atomic E-state index is 0.0478. The second kappa shape index (κ2) is 8.71. The molecule has 0 aromatic heterocycles. The predicted molar refractivity (Wildman–Crippen MR) is 85.3 cm³/mol. The van der Waals surface area contributed by atoms with Crippen molar-refractivity contribution in [2.45, 2.75) is 62.4 Å². The molecule has 1 aliphatic rings. The molecule has 0 spiro atoms. The lowest BCUT2D eigenvalue weighted by atomic mass is 10.1. The molecule has 0 amide bonds. The van der Waals surface area contributed by atoms with Crippen molar-refractivity contribution in [3.05, 3.63) is 29.8 Å². The van der Waals surface area contributed by atoms with Gasteiger partial charge in [0, 0.05) is 16.8 Å². The lowest BCUT2D eigenvalue weighted by molar-refractivity contribution is -0.162. The van der Waals surface area contributed by atoms with E-state index in [2.05, 4.69) is 38.1 Å². The molecular formula is C17H26O2S. The van der Waals surface area contributed by atoms with Crippen LogP contribution in [-0.2, 0) is 15.9 Å². The number of hydrogen-bond acceptors (Lipinski definition) is 3. The number of rotatable bonds is 7. The molecule has 1 aromatic carbocycles. The molecule has 0 aliphatic carbocycles. The van der Waals surface area contributed by atoms with Gasteiger partial charge in [-0.05, 0) is 49.8 Å². The molecule has 20 heavy (non-hydrogen) atoms. The number of benzene rings is 1. The lowest BCUT2D eigenvalue weighted by Gasteiger charge is -2.22. The van der Waals surface area contributed by atoms with E-state index < -0.39 is 0 Å². The van der Waals surface area contributed by atoms with Gasteiger partial charge in [-0.3, -0.25) is 0 Å². The zero-order chi connectivity index (χ0) is 14.2. The Morgan fingerprint density at radius 1 is 1.35 bits per heavy atom. The van der Waals surface area contributed by atoms with E-state index in [9.17, 15) is 0 Å². The second-order valence-electron chi connectivity index (χ2n) is 5.58. The molecular weight excluding hydrogens is 268 g/mol. The standard InChI is InChI=1S/C17H26O2S/c1-14(2)20-16-9-5-7-15(13-16)8-6-12-19-17-10-3-4-11-18-17/h5,7,9,13-14,17H,3-4,6,8,10-12H2,1-2H3. The van der Waals surface area contributed by atoms with Gasteiger partial charge >= 0.3 is 0 Å². The van der Waals surface area contributed by atoms with E-state index in [1.165, 1.54) is 23.3 Å². The summed E-state index contributed by atoms with van der Waals surface area (Å²) >= 11 is 1.92. The van der Waals surface area contributed by atoms with Gasteiger partial charge < -0.3 is 9.47 Å². The van der Waals surface area contributed by atoms with Crippen molar-refractivity contribution >= 4 is 11.8 Å². The number of ether oxygens (including phenoxy) is 2. The van der Waals surface area contributed by atoms with Gasteiger partial charge in [0.15, 0.2) is 6.29 Å². The molecule has 0 saturated carbocycles. The Balaban J connectivity index is 1.68. The summed E-state index contributed by atoms with van der Waals surface area (Å²) in [6.07, 6.45) is 5.67. The van der Waals surface area contributed by atoms with Crippen LogP contribution in [0.15, 0.2) is 29.2 Å². The Hall–Kier alpha value is -0.510. The fourth-order valence-electron chi connectivity index (χ4n) is 2.38. The molecule has 1 unspecified atom stereocenters. The third kappa shape index (κ3) is 5.86. The highest BCUT2D eigenvalue weighted by molar-refractivity contribution is 7.99. The SMILES string of the molecule is CC(C)Sc1cccc(CCCOC2CCCCO2)c1. The summed E-state index contributed by atoms with van der Waals surface area (Å²) in [6.45, 7) is 6.12. The summed E-state index contributed by atoms with van der Waals surface area (Å²) < 4.78 is 11.3. The fourth-order valence-corrected chi connectivity index (χ4v) is 3.30. The second-order valence-corrected chi connectivity index (χ2v) is 7.23. The van der Waals surface area contributed by atoms with Crippen molar-refractivity contribution < 1.29 is 9.47 Å². The molecule has 2 nitrogen and oxygen atoms in total. The van der Waals surface area contributed by atoms with Crippen LogP contribution in [-0.4, -0.2) is 24.8 Å². The molecule has 1 fully saturated rings. The highest BCUT2D eigenvalue weighted by atomic mass is 32.2. The van der Waals surface area contributed by atoms with Gasteiger partial charge in [-0.25, -0.2) is 0 Å². The van der Waals surface area contributed by atoms with E-state index in [4.69, 9.17) is 9.47 Å². The minimum atomic E-state index is 0.0478. The van der Waals surface area contributed by atoms with Gasteiger partial charge in [0.1, 0.15) is 0 Å². The normalized spacial score (nSPS) is 19.4. The van der Waals surface area contributed by atoms with Crippen LogP contribution in [0.5, 0.6) is 0 Å². The smallest absolute Gasteiger partial charge is 0.157 e. The Bertz CT molecular complexity index is 386. The maximum Gasteiger partial charge on any atom is 0.157 e. The summed E-state index contributed by atoms with van der Waals surface area (Å²) in [5.41, 5.74) is 1.41. The van der Waals surface area contributed by atoms with Crippen molar-refractivity contribution in [1.29, 1.82) is 0 Å². The van der Waals surface area contributed by atoms with Crippen LogP contribution >= 0.6 is 11.8 Å². The van der Waals surface area contributed by atoms with Gasteiger partial charge in [0.2, 0.25) is 0 Å². The Kier molecular flexibility index (Phi) is 6.91. The fraction of sp³-hybridized carbons (Fsp3) is 0.647. The first-order chi connectivity index (χ1) is 9.74. The highest BCUT2D eigenvalue weighted by Gasteiger charge is 2.13. The first-order valence-electron chi connectivity index (χ1n) is 7.73. The molecule has 0 bridgehead atoms. The average Bonchev–Trinajstić information content (AvgIpc) is 2.44. The third-order valence-corrected chi connectivity index (χ3v) is 4.32. The van der Waals surface area contributed by atoms with Crippen LogP contribution in [0.2, 0.25) is 0 Å². The van der Waals surface area contributed by atoms with Gasteiger partial charge in [-0.1, -0.05) is 26.0 Å². The van der Waals surface area contributed by atoms with Crippen LogP contribution in [0.25, 0.3) is 0 Å². The van der Waals surface area contributed by atoms with Crippen LogP contribution in [0.4, 0.5) is 0 Å². The summed E-state index contributed by atoms with van der Waals surface area (Å²) in [4.78, 5) is 1.37. The highest BCUT2D eigenvalue weighted by Crippen LogP contribution is 2.24. The van der Waals surface area contributed by atoms with Crippen LogP contribution < -0.4 is 0 Å². The molecule has 1 atom stereocenters. The van der Waals surface area contributed by atoms with Gasteiger partial charge in [-0.2, -0.15) is 0 Å². The third-order valence-electron chi connectivity index (χ3n) is 3.32.